The van der Waals surface area contributed by atoms with Crippen LogP contribution in [-0.2, 0) is 22.7 Å². The van der Waals surface area contributed by atoms with Crippen molar-refractivity contribution in [2.45, 2.75) is 20.0 Å². The third-order valence-corrected chi connectivity index (χ3v) is 5.04. The van der Waals surface area contributed by atoms with Crippen molar-refractivity contribution in [1.82, 2.24) is 30.4 Å². The van der Waals surface area contributed by atoms with Crippen LogP contribution in [-0.4, -0.2) is 57.1 Å². The van der Waals surface area contributed by atoms with Crippen LogP contribution in [0, 0.1) is 0 Å². The van der Waals surface area contributed by atoms with E-state index in [4.69, 9.17) is 4.74 Å². The molecular weight excluding hydrogens is 392 g/mol. The van der Waals surface area contributed by atoms with Crippen LogP contribution < -0.4 is 10.1 Å². The van der Waals surface area contributed by atoms with Crippen molar-refractivity contribution in [3.63, 3.8) is 0 Å². The first-order chi connectivity index (χ1) is 14.1. The maximum Gasteiger partial charge on any atom is 0.246 e. The number of ether oxygens (including phenoxy) is 1. The molecule has 29 heavy (non-hydrogen) atoms. The van der Waals surface area contributed by atoms with Gasteiger partial charge in [-0.1, -0.05) is 18.2 Å². The molecule has 0 spiro atoms. The molecule has 0 aliphatic heterocycles. The van der Waals surface area contributed by atoms with Gasteiger partial charge in [-0.15, -0.1) is 21.5 Å². The van der Waals surface area contributed by atoms with Crippen LogP contribution in [0.25, 0.3) is 11.4 Å². The molecule has 0 unspecified atom stereocenters. The summed E-state index contributed by atoms with van der Waals surface area (Å²) >= 11 is 1.57. The molecule has 3 rings (SSSR count). The fourth-order valence-corrected chi connectivity index (χ4v) is 3.26. The zero-order valence-corrected chi connectivity index (χ0v) is 17.1. The van der Waals surface area contributed by atoms with E-state index in [0.717, 1.165) is 10.4 Å². The first kappa shape index (κ1) is 20.5. The van der Waals surface area contributed by atoms with Crippen LogP contribution >= 0.6 is 11.3 Å². The lowest BCUT2D eigenvalue weighted by atomic mass is 10.2. The summed E-state index contributed by atoms with van der Waals surface area (Å²) in [7, 11) is 1.58. The average Bonchev–Trinajstić information content (AvgIpc) is 3.42. The highest BCUT2D eigenvalue weighted by Gasteiger charge is 2.18. The van der Waals surface area contributed by atoms with Crippen LogP contribution in [0.15, 0.2) is 41.8 Å². The van der Waals surface area contributed by atoms with Crippen molar-refractivity contribution in [2.24, 2.45) is 0 Å². The number of amides is 2. The molecule has 9 nitrogen and oxygen atoms in total. The topological polar surface area (TPSA) is 102 Å². The molecule has 0 bridgehead atoms. The zero-order valence-electron chi connectivity index (χ0n) is 16.2. The average molecular weight is 414 g/mol. The summed E-state index contributed by atoms with van der Waals surface area (Å²) in [6, 6.07) is 11.2. The Morgan fingerprint density at radius 1 is 1.28 bits per heavy atom. The van der Waals surface area contributed by atoms with Gasteiger partial charge in [-0.2, -0.15) is 4.80 Å². The van der Waals surface area contributed by atoms with Crippen LogP contribution in [0.1, 0.15) is 11.8 Å². The summed E-state index contributed by atoms with van der Waals surface area (Å²) in [4.78, 5) is 28.5. The normalized spacial score (nSPS) is 10.6. The van der Waals surface area contributed by atoms with Gasteiger partial charge in [0.15, 0.2) is 0 Å². The number of carbonyl (C=O) groups excluding carboxylic acids is 2. The smallest absolute Gasteiger partial charge is 0.246 e. The number of benzene rings is 1. The fourth-order valence-electron chi connectivity index (χ4n) is 2.61. The van der Waals surface area contributed by atoms with E-state index in [1.54, 1.807) is 24.5 Å². The number of hydrogen-bond donors (Lipinski definition) is 1. The van der Waals surface area contributed by atoms with E-state index in [0.29, 0.717) is 24.7 Å². The summed E-state index contributed by atoms with van der Waals surface area (Å²) in [5, 5.41) is 17.0. The minimum absolute atomic E-state index is 0.0157. The predicted octanol–water partition coefficient (Wildman–Crippen LogP) is 1.58. The van der Waals surface area contributed by atoms with Gasteiger partial charge in [0.05, 0.1) is 20.2 Å². The Kier molecular flexibility index (Phi) is 6.90. The Hall–Kier alpha value is -3.27. The molecule has 2 heterocycles. The highest BCUT2D eigenvalue weighted by molar-refractivity contribution is 7.09. The van der Waals surface area contributed by atoms with Crippen molar-refractivity contribution >= 4 is 23.2 Å². The van der Waals surface area contributed by atoms with Crippen molar-refractivity contribution in [2.75, 3.05) is 20.2 Å². The summed E-state index contributed by atoms with van der Waals surface area (Å²) in [6.45, 7) is 2.57. The zero-order chi connectivity index (χ0) is 20.6. The van der Waals surface area contributed by atoms with Gasteiger partial charge in [-0.3, -0.25) is 9.59 Å². The fraction of sp³-hybridized carbons (Fsp3) is 0.316. The quantitative estimate of drug-likeness (QED) is 0.570. The van der Waals surface area contributed by atoms with Gasteiger partial charge in [0.2, 0.25) is 17.6 Å². The number of nitrogens with zero attached hydrogens (tertiary/aromatic N) is 5. The molecule has 0 saturated carbocycles. The first-order valence-corrected chi connectivity index (χ1v) is 9.96. The first-order valence-electron chi connectivity index (χ1n) is 9.08. The largest absolute Gasteiger partial charge is 0.497 e. The predicted molar refractivity (Wildman–Crippen MR) is 108 cm³/mol. The Labute approximate surface area is 172 Å². The minimum Gasteiger partial charge on any atom is -0.497 e. The highest BCUT2D eigenvalue weighted by Crippen LogP contribution is 2.19. The van der Waals surface area contributed by atoms with E-state index in [9.17, 15) is 9.59 Å². The number of likely N-dealkylation sites (N-methyl/N-ethyl adjacent to an activating group) is 1. The lowest BCUT2D eigenvalue weighted by Gasteiger charge is -2.19. The van der Waals surface area contributed by atoms with Crippen LogP contribution in [0.5, 0.6) is 5.75 Å². The number of thiophene rings is 1. The third-order valence-electron chi connectivity index (χ3n) is 4.17. The third kappa shape index (κ3) is 5.61. The van der Waals surface area contributed by atoms with Crippen LogP contribution in [0.2, 0.25) is 0 Å². The molecule has 0 aliphatic rings. The van der Waals surface area contributed by atoms with Gasteiger partial charge in [-0.25, -0.2) is 0 Å². The van der Waals surface area contributed by atoms with E-state index in [-0.39, 0.29) is 24.9 Å². The van der Waals surface area contributed by atoms with Gasteiger partial charge < -0.3 is 15.0 Å². The summed E-state index contributed by atoms with van der Waals surface area (Å²) < 4.78 is 5.19. The Morgan fingerprint density at radius 3 is 2.86 bits per heavy atom. The van der Waals surface area contributed by atoms with Crippen molar-refractivity contribution < 1.29 is 14.3 Å². The molecule has 1 N–H and O–H groups in total. The van der Waals surface area contributed by atoms with E-state index < -0.39 is 0 Å². The van der Waals surface area contributed by atoms with E-state index in [2.05, 4.69) is 20.7 Å². The maximum atomic E-state index is 12.6. The Balaban J connectivity index is 1.56. The number of rotatable bonds is 9. The molecule has 2 amide bonds. The van der Waals surface area contributed by atoms with Crippen molar-refractivity contribution in [1.29, 1.82) is 0 Å². The van der Waals surface area contributed by atoms with Gasteiger partial charge in [0, 0.05) is 17.0 Å². The molecule has 3 aromatic rings. The molecule has 2 aromatic heterocycles. The van der Waals surface area contributed by atoms with Crippen molar-refractivity contribution in [3.05, 3.63) is 46.7 Å². The molecule has 0 atom stereocenters. The maximum absolute atomic E-state index is 12.6. The second-order valence-corrected chi connectivity index (χ2v) is 7.17. The SMILES string of the molecule is CCN(CC(=O)NCc1cccs1)C(=O)Cn1nnc(-c2cccc(OC)c2)n1. The molecule has 0 aliphatic carbocycles. The number of carbonyl (C=O) groups is 2. The van der Waals surface area contributed by atoms with Gasteiger partial charge >= 0.3 is 0 Å². The van der Waals surface area contributed by atoms with E-state index >= 15 is 0 Å². The highest BCUT2D eigenvalue weighted by atomic mass is 32.1. The lowest BCUT2D eigenvalue weighted by molar-refractivity contribution is -0.136. The molecule has 10 heteroatoms. The van der Waals surface area contributed by atoms with E-state index in [1.165, 1.54) is 9.70 Å². The van der Waals surface area contributed by atoms with Crippen molar-refractivity contribution in [3.8, 4) is 17.1 Å². The van der Waals surface area contributed by atoms with Gasteiger partial charge in [-0.05, 0) is 35.7 Å². The number of tetrazole rings is 1. The van der Waals surface area contributed by atoms with Crippen LogP contribution in [0.3, 0.4) is 0 Å². The summed E-state index contributed by atoms with van der Waals surface area (Å²) in [5.41, 5.74) is 0.739. The van der Waals surface area contributed by atoms with Gasteiger partial charge in [0.25, 0.3) is 0 Å². The number of nitrogens with one attached hydrogen (secondary N) is 1. The second-order valence-electron chi connectivity index (χ2n) is 6.14. The monoisotopic (exact) mass is 414 g/mol. The summed E-state index contributed by atoms with van der Waals surface area (Å²) in [5.74, 6) is 0.611. The molecule has 0 fully saturated rings. The lowest BCUT2D eigenvalue weighted by Crippen LogP contribution is -2.42. The van der Waals surface area contributed by atoms with E-state index in [1.807, 2.05) is 42.6 Å². The second kappa shape index (κ2) is 9.78. The molecule has 152 valence electrons. The number of hydrogen-bond acceptors (Lipinski definition) is 7. The molecule has 1 aromatic carbocycles. The molecule has 0 radical (unpaired) electrons. The molecular formula is C19H22N6O3S. The standard InChI is InChI=1S/C19H22N6O3S/c1-3-24(12-17(26)20-11-16-8-5-9-29-16)18(27)13-25-22-19(21-23-25)14-6-4-7-15(10-14)28-2/h4-10H,3,11-13H2,1-2H3,(H,20,26). The Bertz CT molecular complexity index is 957. The number of methoxy groups -OCH3 is 1. The van der Waals surface area contributed by atoms with Gasteiger partial charge in [0.1, 0.15) is 12.3 Å². The Morgan fingerprint density at radius 2 is 2.14 bits per heavy atom. The summed E-state index contributed by atoms with van der Waals surface area (Å²) in [6.07, 6.45) is 0. The minimum atomic E-state index is -0.256. The van der Waals surface area contributed by atoms with Crippen LogP contribution in [0.4, 0.5) is 0 Å². The number of aromatic nitrogens is 4. The molecule has 0 saturated heterocycles.